The van der Waals surface area contributed by atoms with E-state index in [1.54, 1.807) is 0 Å². The molecule has 0 bridgehead atoms. The number of allylic oxidation sites excluding steroid dienone is 2. The van der Waals surface area contributed by atoms with Crippen molar-refractivity contribution in [3.63, 3.8) is 0 Å². The number of nitrogens with zero attached hydrogens (tertiary/aromatic N) is 1. The van der Waals surface area contributed by atoms with Crippen LogP contribution >= 0.6 is 0 Å². The lowest BCUT2D eigenvalue weighted by molar-refractivity contribution is -0.123. The van der Waals surface area contributed by atoms with Gasteiger partial charge in [-0.05, 0) is 51.1 Å². The van der Waals surface area contributed by atoms with Crippen LogP contribution in [-0.4, -0.2) is 36.5 Å². The molecule has 1 aliphatic carbocycles. The Bertz CT molecular complexity index is 409. The van der Waals surface area contributed by atoms with Crippen molar-refractivity contribution in [2.75, 3.05) is 19.6 Å². The van der Waals surface area contributed by atoms with Crippen molar-refractivity contribution in [2.45, 2.75) is 59.9 Å². The minimum Gasteiger partial charge on any atom is -0.354 e. The predicted octanol–water partition coefficient (Wildman–Crippen LogP) is 3.22. The van der Waals surface area contributed by atoms with Gasteiger partial charge >= 0.3 is 0 Å². The lowest BCUT2D eigenvalue weighted by Crippen LogP contribution is -2.46. The van der Waals surface area contributed by atoms with Gasteiger partial charge in [-0.2, -0.15) is 0 Å². The number of carbonyl (C=O) groups is 1. The number of likely N-dealkylation sites (tertiary alicyclic amines) is 1. The van der Waals surface area contributed by atoms with Crippen LogP contribution in [0.2, 0.25) is 0 Å². The minimum absolute atomic E-state index is 0.123. The van der Waals surface area contributed by atoms with Gasteiger partial charge in [-0.15, -0.1) is 0 Å². The highest BCUT2D eigenvalue weighted by Gasteiger charge is 2.60. The molecule has 3 nitrogen and oxygen atoms in total. The van der Waals surface area contributed by atoms with Crippen LogP contribution in [0.25, 0.3) is 0 Å². The average molecular weight is 292 g/mol. The third kappa shape index (κ3) is 3.68. The third-order valence-corrected chi connectivity index (χ3v) is 5.37. The summed E-state index contributed by atoms with van der Waals surface area (Å²) in [6, 6.07) is 0.538. The Morgan fingerprint density at radius 2 is 2.05 bits per heavy atom. The molecule has 2 rings (SSSR count). The van der Waals surface area contributed by atoms with Crippen LogP contribution in [0.5, 0.6) is 0 Å². The van der Waals surface area contributed by atoms with Crippen LogP contribution in [0.3, 0.4) is 0 Å². The van der Waals surface area contributed by atoms with Crippen molar-refractivity contribution in [2.24, 2.45) is 17.3 Å². The van der Waals surface area contributed by atoms with Crippen LogP contribution in [0, 0.1) is 17.3 Å². The first kappa shape index (κ1) is 16.5. The Hall–Kier alpha value is -0.830. The molecule has 2 aliphatic rings. The molecule has 1 amide bonds. The van der Waals surface area contributed by atoms with Crippen LogP contribution < -0.4 is 5.32 Å². The van der Waals surface area contributed by atoms with E-state index in [9.17, 15) is 4.79 Å². The molecule has 0 spiro atoms. The zero-order chi connectivity index (χ0) is 15.6. The number of carbonyl (C=O) groups excluding carboxylic acids is 1. The van der Waals surface area contributed by atoms with Crippen molar-refractivity contribution in [1.29, 1.82) is 0 Å². The lowest BCUT2D eigenvalue weighted by Gasteiger charge is -2.34. The van der Waals surface area contributed by atoms with E-state index in [-0.39, 0.29) is 17.2 Å². The van der Waals surface area contributed by atoms with Crippen molar-refractivity contribution in [3.8, 4) is 0 Å². The molecule has 1 saturated carbocycles. The lowest BCUT2D eigenvalue weighted by atomic mass is 10.0. The number of hydrogen-bond acceptors (Lipinski definition) is 2. The number of likely N-dealkylation sites (N-methyl/N-ethyl adjacent to an activating group) is 1. The maximum absolute atomic E-state index is 12.5. The van der Waals surface area contributed by atoms with Gasteiger partial charge in [0, 0.05) is 12.6 Å². The highest BCUT2D eigenvalue weighted by Crippen LogP contribution is 2.59. The van der Waals surface area contributed by atoms with Gasteiger partial charge in [-0.25, -0.2) is 0 Å². The van der Waals surface area contributed by atoms with Gasteiger partial charge in [0.05, 0.1) is 5.92 Å². The molecule has 0 unspecified atom stereocenters. The SMILES string of the molecule is CCN1CCCC[C@@H]1CNC(=O)[C@@H]1[C@H](C=C(C)C)C1(C)C. The maximum Gasteiger partial charge on any atom is 0.224 e. The predicted molar refractivity (Wildman–Crippen MR) is 88.1 cm³/mol. The van der Waals surface area contributed by atoms with Gasteiger partial charge in [-0.1, -0.05) is 38.8 Å². The molecule has 0 aromatic heterocycles. The fourth-order valence-corrected chi connectivity index (χ4v) is 3.88. The number of amides is 1. The largest absolute Gasteiger partial charge is 0.354 e. The number of nitrogens with one attached hydrogen (secondary N) is 1. The fraction of sp³-hybridized carbons (Fsp3) is 0.833. The summed E-state index contributed by atoms with van der Waals surface area (Å²) < 4.78 is 0. The van der Waals surface area contributed by atoms with Crippen molar-refractivity contribution in [1.82, 2.24) is 10.2 Å². The molecular weight excluding hydrogens is 260 g/mol. The summed E-state index contributed by atoms with van der Waals surface area (Å²) in [5, 5.41) is 3.23. The second-order valence-electron chi connectivity index (χ2n) is 7.59. The third-order valence-electron chi connectivity index (χ3n) is 5.37. The van der Waals surface area contributed by atoms with Crippen molar-refractivity contribution in [3.05, 3.63) is 11.6 Å². The van der Waals surface area contributed by atoms with Gasteiger partial charge in [0.2, 0.25) is 5.91 Å². The quantitative estimate of drug-likeness (QED) is 0.789. The molecule has 1 N–H and O–H groups in total. The Balaban J connectivity index is 1.86. The molecule has 1 saturated heterocycles. The summed E-state index contributed by atoms with van der Waals surface area (Å²) >= 11 is 0. The Labute approximate surface area is 130 Å². The summed E-state index contributed by atoms with van der Waals surface area (Å²) in [5.41, 5.74) is 1.44. The molecular formula is C18H32N2O. The number of piperidine rings is 1. The standard InChI is InChI=1S/C18H32N2O/c1-6-20-10-8-7-9-14(20)12-19-17(21)16-15(11-13(2)3)18(16,4)5/h11,14-16H,6-10,12H2,1-5H3,(H,19,21)/t14-,15+,16+/m1/s1. The van der Waals surface area contributed by atoms with Crippen LogP contribution in [-0.2, 0) is 4.79 Å². The molecule has 0 radical (unpaired) electrons. The summed E-state index contributed by atoms with van der Waals surface area (Å²) in [6.07, 6.45) is 6.09. The first-order valence-electron chi connectivity index (χ1n) is 8.54. The highest BCUT2D eigenvalue weighted by molar-refractivity contribution is 5.83. The smallest absolute Gasteiger partial charge is 0.224 e. The van der Waals surface area contributed by atoms with Crippen LogP contribution in [0.15, 0.2) is 11.6 Å². The van der Waals surface area contributed by atoms with E-state index in [0.29, 0.717) is 12.0 Å². The van der Waals surface area contributed by atoms with Gasteiger partial charge < -0.3 is 5.32 Å². The van der Waals surface area contributed by atoms with E-state index in [1.165, 1.54) is 31.4 Å². The molecule has 0 aromatic carbocycles. The van der Waals surface area contributed by atoms with E-state index < -0.39 is 0 Å². The minimum atomic E-state index is 0.123. The summed E-state index contributed by atoms with van der Waals surface area (Å²) in [6.45, 7) is 14.0. The molecule has 21 heavy (non-hydrogen) atoms. The Morgan fingerprint density at radius 3 is 2.67 bits per heavy atom. The fourth-order valence-electron chi connectivity index (χ4n) is 3.88. The number of hydrogen-bond donors (Lipinski definition) is 1. The van der Waals surface area contributed by atoms with Crippen LogP contribution in [0.4, 0.5) is 0 Å². The molecule has 3 atom stereocenters. The van der Waals surface area contributed by atoms with Gasteiger partial charge in [0.1, 0.15) is 0 Å². The molecule has 1 heterocycles. The van der Waals surface area contributed by atoms with Crippen LogP contribution in [0.1, 0.15) is 53.9 Å². The van der Waals surface area contributed by atoms with Gasteiger partial charge in [0.15, 0.2) is 0 Å². The number of rotatable bonds is 5. The summed E-state index contributed by atoms with van der Waals surface area (Å²) in [7, 11) is 0. The summed E-state index contributed by atoms with van der Waals surface area (Å²) in [5.74, 6) is 0.825. The molecule has 3 heteroatoms. The maximum atomic E-state index is 12.5. The molecule has 1 aliphatic heterocycles. The average Bonchev–Trinajstić information content (AvgIpc) is 2.96. The van der Waals surface area contributed by atoms with Crippen molar-refractivity contribution < 1.29 is 4.79 Å². The normalized spacial score (nSPS) is 31.6. The van der Waals surface area contributed by atoms with Gasteiger partial charge in [0.25, 0.3) is 0 Å². The highest BCUT2D eigenvalue weighted by atomic mass is 16.2. The molecule has 0 aromatic rings. The Kier molecular flexibility index (Phi) is 5.13. The Morgan fingerprint density at radius 1 is 1.33 bits per heavy atom. The molecule has 2 fully saturated rings. The second kappa shape index (κ2) is 6.51. The van der Waals surface area contributed by atoms with E-state index in [0.717, 1.165) is 13.1 Å². The summed E-state index contributed by atoms with van der Waals surface area (Å²) in [4.78, 5) is 15.0. The first-order valence-corrected chi connectivity index (χ1v) is 8.54. The van der Waals surface area contributed by atoms with Gasteiger partial charge in [-0.3, -0.25) is 9.69 Å². The zero-order valence-electron chi connectivity index (χ0n) is 14.4. The van der Waals surface area contributed by atoms with E-state index >= 15 is 0 Å². The molecule has 120 valence electrons. The van der Waals surface area contributed by atoms with E-state index in [2.05, 4.69) is 50.9 Å². The topological polar surface area (TPSA) is 32.3 Å². The van der Waals surface area contributed by atoms with E-state index in [1.807, 2.05) is 0 Å². The zero-order valence-corrected chi connectivity index (χ0v) is 14.4. The van der Waals surface area contributed by atoms with E-state index in [4.69, 9.17) is 0 Å². The second-order valence-corrected chi connectivity index (χ2v) is 7.59. The van der Waals surface area contributed by atoms with Crippen molar-refractivity contribution >= 4 is 5.91 Å². The monoisotopic (exact) mass is 292 g/mol. The first-order chi connectivity index (χ1) is 9.87.